The molecule has 1 aliphatic rings. The summed E-state index contributed by atoms with van der Waals surface area (Å²) < 4.78 is 0. The molecule has 0 radical (unpaired) electrons. The maximum absolute atomic E-state index is 13.2. The third kappa shape index (κ3) is 4.56. The van der Waals surface area contributed by atoms with Crippen molar-refractivity contribution in [1.82, 2.24) is 14.8 Å². The molecule has 1 atom stereocenters. The lowest BCUT2D eigenvalue weighted by molar-refractivity contribution is -0.139. The smallest absolute Gasteiger partial charge is 0.273 e. The van der Waals surface area contributed by atoms with E-state index in [0.717, 1.165) is 16.7 Å². The standard InChI is InChI=1S/C26H25N3O2/c1-2-16-28-17-18-29(25(30)23-10-6-7-15-27-23)24(26(28)31)19-20-11-13-22(14-12-20)21-8-4-3-5-9-21/h2-15,24H,1,16-19H2. The minimum absolute atomic E-state index is 0.0532. The van der Waals surface area contributed by atoms with Gasteiger partial charge in [-0.15, -0.1) is 6.58 Å². The molecular weight excluding hydrogens is 386 g/mol. The number of piperazine rings is 1. The number of carbonyl (C=O) groups is 2. The lowest BCUT2D eigenvalue weighted by Crippen LogP contribution is -2.59. The summed E-state index contributed by atoms with van der Waals surface area (Å²) in [4.78, 5) is 34.0. The summed E-state index contributed by atoms with van der Waals surface area (Å²) in [6.45, 7) is 5.20. The number of rotatable bonds is 6. The molecule has 31 heavy (non-hydrogen) atoms. The Bertz CT molecular complexity index is 1050. The lowest BCUT2D eigenvalue weighted by atomic mass is 9.98. The van der Waals surface area contributed by atoms with Crippen LogP contribution >= 0.6 is 0 Å². The van der Waals surface area contributed by atoms with Crippen LogP contribution in [0.4, 0.5) is 0 Å². The van der Waals surface area contributed by atoms with Crippen LogP contribution in [0.1, 0.15) is 16.1 Å². The summed E-state index contributed by atoms with van der Waals surface area (Å²) in [6, 6.07) is 23.0. The number of benzene rings is 2. The Hall–Kier alpha value is -3.73. The number of aromatic nitrogens is 1. The fourth-order valence-electron chi connectivity index (χ4n) is 3.94. The third-order valence-corrected chi connectivity index (χ3v) is 5.57. The van der Waals surface area contributed by atoms with Crippen LogP contribution in [-0.2, 0) is 11.2 Å². The predicted octanol–water partition coefficient (Wildman–Crippen LogP) is 3.83. The molecule has 0 bridgehead atoms. The number of amides is 2. The monoisotopic (exact) mass is 411 g/mol. The minimum atomic E-state index is -0.564. The van der Waals surface area contributed by atoms with E-state index in [1.807, 2.05) is 30.3 Å². The zero-order valence-electron chi connectivity index (χ0n) is 17.4. The van der Waals surface area contributed by atoms with Crippen molar-refractivity contribution in [1.29, 1.82) is 0 Å². The average molecular weight is 412 g/mol. The molecule has 1 aliphatic heterocycles. The molecule has 5 nitrogen and oxygen atoms in total. The highest BCUT2D eigenvalue weighted by Crippen LogP contribution is 2.22. The van der Waals surface area contributed by atoms with Gasteiger partial charge in [0.25, 0.3) is 5.91 Å². The summed E-state index contributed by atoms with van der Waals surface area (Å²) in [7, 11) is 0. The zero-order valence-corrected chi connectivity index (χ0v) is 17.4. The number of nitrogens with zero attached hydrogens (tertiary/aromatic N) is 3. The zero-order chi connectivity index (χ0) is 21.6. The van der Waals surface area contributed by atoms with Crippen molar-refractivity contribution in [2.24, 2.45) is 0 Å². The van der Waals surface area contributed by atoms with Crippen LogP contribution in [-0.4, -0.2) is 52.3 Å². The van der Waals surface area contributed by atoms with E-state index in [-0.39, 0.29) is 11.8 Å². The molecule has 1 saturated heterocycles. The molecule has 3 aromatic rings. The van der Waals surface area contributed by atoms with Crippen molar-refractivity contribution in [2.45, 2.75) is 12.5 Å². The fourth-order valence-corrected chi connectivity index (χ4v) is 3.94. The highest BCUT2D eigenvalue weighted by atomic mass is 16.2. The number of hydrogen-bond donors (Lipinski definition) is 0. The highest BCUT2D eigenvalue weighted by Gasteiger charge is 2.37. The maximum atomic E-state index is 13.2. The quantitative estimate of drug-likeness (QED) is 0.580. The Morgan fingerprint density at radius 1 is 0.968 bits per heavy atom. The van der Waals surface area contributed by atoms with Crippen molar-refractivity contribution in [3.63, 3.8) is 0 Å². The Balaban J connectivity index is 1.58. The molecule has 2 heterocycles. The van der Waals surface area contributed by atoms with Gasteiger partial charge in [0.05, 0.1) is 0 Å². The van der Waals surface area contributed by atoms with Crippen molar-refractivity contribution >= 4 is 11.8 Å². The van der Waals surface area contributed by atoms with E-state index in [1.165, 1.54) is 0 Å². The summed E-state index contributed by atoms with van der Waals surface area (Å²) in [6.07, 6.45) is 3.78. The van der Waals surface area contributed by atoms with Gasteiger partial charge in [-0.1, -0.05) is 66.7 Å². The van der Waals surface area contributed by atoms with Gasteiger partial charge in [0.2, 0.25) is 5.91 Å². The largest absolute Gasteiger partial charge is 0.335 e. The van der Waals surface area contributed by atoms with E-state index in [0.29, 0.717) is 31.7 Å². The van der Waals surface area contributed by atoms with Gasteiger partial charge >= 0.3 is 0 Å². The van der Waals surface area contributed by atoms with Gasteiger partial charge in [-0.25, -0.2) is 0 Å². The van der Waals surface area contributed by atoms with Gasteiger partial charge in [0.15, 0.2) is 0 Å². The Morgan fingerprint density at radius 2 is 1.68 bits per heavy atom. The van der Waals surface area contributed by atoms with Crippen LogP contribution in [0.25, 0.3) is 11.1 Å². The van der Waals surface area contributed by atoms with Crippen LogP contribution in [0.2, 0.25) is 0 Å². The van der Waals surface area contributed by atoms with Gasteiger partial charge in [-0.3, -0.25) is 14.6 Å². The molecule has 2 aromatic carbocycles. The molecular formula is C26H25N3O2. The molecule has 1 aromatic heterocycles. The fraction of sp³-hybridized carbons (Fsp3) is 0.192. The van der Waals surface area contributed by atoms with Crippen LogP contribution < -0.4 is 0 Å². The first-order chi connectivity index (χ1) is 15.2. The number of pyridine rings is 1. The Kier molecular flexibility index (Phi) is 6.22. The Morgan fingerprint density at radius 3 is 2.35 bits per heavy atom. The van der Waals surface area contributed by atoms with Gasteiger partial charge in [0.1, 0.15) is 11.7 Å². The molecule has 4 rings (SSSR count). The van der Waals surface area contributed by atoms with Crippen LogP contribution in [0.5, 0.6) is 0 Å². The average Bonchev–Trinajstić information content (AvgIpc) is 2.83. The minimum Gasteiger partial charge on any atom is -0.335 e. The first kappa shape index (κ1) is 20.5. The second-order valence-corrected chi connectivity index (χ2v) is 7.57. The van der Waals surface area contributed by atoms with Gasteiger partial charge in [-0.05, 0) is 28.8 Å². The summed E-state index contributed by atoms with van der Waals surface area (Å²) in [5.41, 5.74) is 3.63. The number of carbonyl (C=O) groups excluding carboxylic acids is 2. The van der Waals surface area contributed by atoms with Gasteiger partial charge in [-0.2, -0.15) is 0 Å². The second-order valence-electron chi connectivity index (χ2n) is 7.57. The molecule has 2 amide bonds. The van der Waals surface area contributed by atoms with E-state index in [4.69, 9.17) is 0 Å². The second kappa shape index (κ2) is 9.39. The molecule has 0 spiro atoms. The van der Waals surface area contributed by atoms with Gasteiger partial charge in [0, 0.05) is 32.3 Å². The maximum Gasteiger partial charge on any atom is 0.273 e. The van der Waals surface area contributed by atoms with Crippen LogP contribution in [0, 0.1) is 0 Å². The summed E-state index contributed by atoms with van der Waals surface area (Å²) in [5, 5.41) is 0. The summed E-state index contributed by atoms with van der Waals surface area (Å²) in [5.74, 6) is -0.263. The van der Waals surface area contributed by atoms with Crippen LogP contribution in [0.15, 0.2) is 91.6 Å². The molecule has 0 aliphatic carbocycles. The predicted molar refractivity (Wildman–Crippen MR) is 121 cm³/mol. The lowest BCUT2D eigenvalue weighted by Gasteiger charge is -2.40. The van der Waals surface area contributed by atoms with Crippen molar-refractivity contribution in [3.05, 3.63) is 103 Å². The first-order valence-electron chi connectivity index (χ1n) is 10.4. The third-order valence-electron chi connectivity index (χ3n) is 5.57. The van der Waals surface area contributed by atoms with Crippen molar-refractivity contribution < 1.29 is 9.59 Å². The molecule has 0 saturated carbocycles. The number of hydrogen-bond acceptors (Lipinski definition) is 3. The van der Waals surface area contributed by atoms with E-state index in [2.05, 4.69) is 35.8 Å². The molecule has 5 heteroatoms. The topological polar surface area (TPSA) is 53.5 Å². The van der Waals surface area contributed by atoms with Crippen LogP contribution in [0.3, 0.4) is 0 Å². The normalized spacial score (nSPS) is 16.3. The SMILES string of the molecule is C=CCN1CCN(C(=O)c2ccccn2)C(Cc2ccc(-c3ccccc3)cc2)C1=O. The van der Waals surface area contributed by atoms with Gasteiger partial charge < -0.3 is 9.80 Å². The van der Waals surface area contributed by atoms with E-state index in [9.17, 15) is 9.59 Å². The summed E-state index contributed by atoms with van der Waals surface area (Å²) >= 11 is 0. The van der Waals surface area contributed by atoms with Crippen molar-refractivity contribution in [3.8, 4) is 11.1 Å². The van der Waals surface area contributed by atoms with E-state index < -0.39 is 6.04 Å². The van der Waals surface area contributed by atoms with E-state index >= 15 is 0 Å². The molecule has 1 unspecified atom stereocenters. The Labute approximate surface area is 182 Å². The molecule has 1 fully saturated rings. The van der Waals surface area contributed by atoms with Crippen molar-refractivity contribution in [2.75, 3.05) is 19.6 Å². The van der Waals surface area contributed by atoms with E-state index in [1.54, 1.807) is 40.3 Å². The molecule has 156 valence electrons. The highest BCUT2D eigenvalue weighted by molar-refractivity contribution is 5.97. The molecule has 0 N–H and O–H groups in total. The first-order valence-corrected chi connectivity index (χ1v) is 10.4.